The molecule has 2 aromatic rings. The molecule has 18 heavy (non-hydrogen) atoms. The molecule has 0 radical (unpaired) electrons. The zero-order valence-corrected chi connectivity index (χ0v) is 11.4. The van der Waals surface area contributed by atoms with Gasteiger partial charge in [0.15, 0.2) is 0 Å². The predicted octanol–water partition coefficient (Wildman–Crippen LogP) is 4.76. The van der Waals surface area contributed by atoms with Crippen LogP contribution in [-0.2, 0) is 0 Å². The Labute approximate surface area is 110 Å². The van der Waals surface area contributed by atoms with Crippen LogP contribution in [0.5, 0.6) is 0 Å². The Balaban J connectivity index is 2.37. The molecule has 1 unspecified atom stereocenters. The number of hydrogen-bond acceptors (Lipinski definition) is 1. The van der Waals surface area contributed by atoms with Crippen molar-refractivity contribution in [2.75, 3.05) is 5.73 Å². The first kappa shape index (κ1) is 12.7. The minimum atomic E-state index is 0.619. The lowest BCUT2D eigenvalue weighted by Gasteiger charge is -2.11. The first-order valence-electron chi connectivity index (χ1n) is 6.58. The molecule has 0 heterocycles. The molecule has 0 spiro atoms. The molecular weight excluding hydrogens is 218 g/mol. The summed E-state index contributed by atoms with van der Waals surface area (Å²) >= 11 is 0. The van der Waals surface area contributed by atoms with Crippen molar-refractivity contribution in [3.8, 4) is 11.1 Å². The number of nitrogen functional groups attached to an aromatic ring is 1. The maximum atomic E-state index is 6.05. The second-order valence-corrected chi connectivity index (χ2v) is 5.02. The topological polar surface area (TPSA) is 26.0 Å². The van der Waals surface area contributed by atoms with Gasteiger partial charge in [0, 0.05) is 11.3 Å². The molecule has 94 valence electrons. The van der Waals surface area contributed by atoms with Crippen molar-refractivity contribution in [3.63, 3.8) is 0 Å². The number of nitrogens with two attached hydrogens (primary N) is 1. The van der Waals surface area contributed by atoms with Gasteiger partial charge < -0.3 is 5.73 Å². The van der Waals surface area contributed by atoms with Crippen molar-refractivity contribution in [2.45, 2.75) is 33.1 Å². The number of rotatable bonds is 3. The van der Waals surface area contributed by atoms with E-state index in [9.17, 15) is 0 Å². The van der Waals surface area contributed by atoms with E-state index in [-0.39, 0.29) is 0 Å². The summed E-state index contributed by atoms with van der Waals surface area (Å²) < 4.78 is 0. The second-order valence-electron chi connectivity index (χ2n) is 5.02. The highest BCUT2D eigenvalue weighted by molar-refractivity contribution is 5.76. The van der Waals surface area contributed by atoms with Crippen molar-refractivity contribution < 1.29 is 0 Å². The molecule has 2 rings (SSSR count). The highest BCUT2D eigenvalue weighted by Gasteiger charge is 2.05. The standard InChI is InChI=1S/C17H21N/c1-4-13(3)14-6-8-15(9-7-14)16-11-12(2)5-10-17(16)18/h5-11,13H,4,18H2,1-3H3. The van der Waals surface area contributed by atoms with E-state index in [1.165, 1.54) is 23.1 Å². The number of anilines is 1. The average molecular weight is 239 g/mol. The van der Waals surface area contributed by atoms with Crippen molar-refractivity contribution in [2.24, 2.45) is 0 Å². The van der Waals surface area contributed by atoms with E-state index in [0.717, 1.165) is 11.3 Å². The minimum Gasteiger partial charge on any atom is -0.398 e. The fourth-order valence-corrected chi connectivity index (χ4v) is 2.15. The number of hydrogen-bond donors (Lipinski definition) is 1. The fraction of sp³-hybridized carbons (Fsp3) is 0.294. The Morgan fingerprint density at radius 1 is 1.06 bits per heavy atom. The van der Waals surface area contributed by atoms with E-state index >= 15 is 0 Å². The van der Waals surface area contributed by atoms with Gasteiger partial charge in [-0.1, -0.05) is 49.7 Å². The normalized spacial score (nSPS) is 12.4. The molecule has 0 fully saturated rings. The number of benzene rings is 2. The van der Waals surface area contributed by atoms with Crippen LogP contribution in [0, 0.1) is 6.92 Å². The second kappa shape index (κ2) is 5.26. The Morgan fingerprint density at radius 3 is 2.33 bits per heavy atom. The van der Waals surface area contributed by atoms with Crippen molar-refractivity contribution in [1.82, 2.24) is 0 Å². The Morgan fingerprint density at radius 2 is 1.72 bits per heavy atom. The van der Waals surface area contributed by atoms with Gasteiger partial charge in [-0.05, 0) is 42.5 Å². The maximum absolute atomic E-state index is 6.05. The van der Waals surface area contributed by atoms with Crippen molar-refractivity contribution >= 4 is 5.69 Å². The lowest BCUT2D eigenvalue weighted by molar-refractivity contribution is 0.734. The van der Waals surface area contributed by atoms with Crippen molar-refractivity contribution in [1.29, 1.82) is 0 Å². The third kappa shape index (κ3) is 2.56. The lowest BCUT2D eigenvalue weighted by Crippen LogP contribution is -1.93. The predicted molar refractivity (Wildman–Crippen MR) is 79.7 cm³/mol. The molecule has 1 atom stereocenters. The summed E-state index contributed by atoms with van der Waals surface area (Å²) in [7, 11) is 0. The van der Waals surface area contributed by atoms with Gasteiger partial charge in [-0.2, -0.15) is 0 Å². The third-order valence-electron chi connectivity index (χ3n) is 3.61. The van der Waals surface area contributed by atoms with Crippen LogP contribution in [0.2, 0.25) is 0 Å². The van der Waals surface area contributed by atoms with Crippen LogP contribution in [0.1, 0.15) is 37.3 Å². The minimum absolute atomic E-state index is 0.619. The van der Waals surface area contributed by atoms with Gasteiger partial charge in [0.1, 0.15) is 0 Å². The van der Waals surface area contributed by atoms with Gasteiger partial charge in [0.25, 0.3) is 0 Å². The number of aryl methyl sites for hydroxylation is 1. The molecule has 0 bridgehead atoms. The Kier molecular flexibility index (Phi) is 3.71. The summed E-state index contributed by atoms with van der Waals surface area (Å²) in [5, 5.41) is 0. The molecule has 0 saturated carbocycles. The lowest BCUT2D eigenvalue weighted by atomic mass is 9.95. The largest absolute Gasteiger partial charge is 0.398 e. The molecule has 2 aromatic carbocycles. The van der Waals surface area contributed by atoms with Crippen LogP contribution >= 0.6 is 0 Å². The molecule has 1 heteroatoms. The first-order valence-corrected chi connectivity index (χ1v) is 6.58. The van der Waals surface area contributed by atoms with E-state index in [0.29, 0.717) is 5.92 Å². The molecule has 0 aliphatic carbocycles. The van der Waals surface area contributed by atoms with Gasteiger partial charge in [0.2, 0.25) is 0 Å². The van der Waals surface area contributed by atoms with E-state index in [4.69, 9.17) is 5.73 Å². The molecule has 2 N–H and O–H groups in total. The molecular formula is C17H21N. The Hall–Kier alpha value is -1.76. The van der Waals surface area contributed by atoms with Crippen LogP contribution in [0.4, 0.5) is 5.69 Å². The quantitative estimate of drug-likeness (QED) is 0.768. The molecule has 0 saturated heterocycles. The third-order valence-corrected chi connectivity index (χ3v) is 3.61. The van der Waals surface area contributed by atoms with E-state index in [2.05, 4.69) is 51.1 Å². The van der Waals surface area contributed by atoms with Gasteiger partial charge in [-0.25, -0.2) is 0 Å². The van der Waals surface area contributed by atoms with Crippen LogP contribution in [0.15, 0.2) is 42.5 Å². The SMILES string of the molecule is CCC(C)c1ccc(-c2cc(C)ccc2N)cc1. The van der Waals surface area contributed by atoms with E-state index in [1.807, 2.05) is 12.1 Å². The highest BCUT2D eigenvalue weighted by atomic mass is 14.6. The summed E-state index contributed by atoms with van der Waals surface area (Å²) in [6, 6.07) is 14.9. The van der Waals surface area contributed by atoms with Crippen LogP contribution in [-0.4, -0.2) is 0 Å². The van der Waals surface area contributed by atoms with Crippen molar-refractivity contribution in [3.05, 3.63) is 53.6 Å². The zero-order chi connectivity index (χ0) is 13.1. The summed E-state index contributed by atoms with van der Waals surface area (Å²) in [4.78, 5) is 0. The summed E-state index contributed by atoms with van der Waals surface area (Å²) in [5.41, 5.74) is 11.9. The zero-order valence-electron chi connectivity index (χ0n) is 11.4. The maximum Gasteiger partial charge on any atom is 0.0393 e. The average Bonchev–Trinajstić information content (AvgIpc) is 2.41. The van der Waals surface area contributed by atoms with Gasteiger partial charge >= 0.3 is 0 Å². The fourth-order valence-electron chi connectivity index (χ4n) is 2.15. The molecule has 0 aliphatic heterocycles. The van der Waals surface area contributed by atoms with Crippen LogP contribution in [0.3, 0.4) is 0 Å². The van der Waals surface area contributed by atoms with E-state index in [1.54, 1.807) is 0 Å². The first-order chi connectivity index (χ1) is 8.61. The Bertz CT molecular complexity index is 526. The molecule has 0 aromatic heterocycles. The van der Waals surface area contributed by atoms with Gasteiger partial charge in [-0.15, -0.1) is 0 Å². The summed E-state index contributed by atoms with van der Waals surface area (Å²) in [5.74, 6) is 0.619. The molecule has 0 aliphatic rings. The molecule has 0 amide bonds. The van der Waals surface area contributed by atoms with Crippen LogP contribution in [0.25, 0.3) is 11.1 Å². The van der Waals surface area contributed by atoms with Crippen LogP contribution < -0.4 is 5.73 Å². The van der Waals surface area contributed by atoms with Gasteiger partial charge in [0.05, 0.1) is 0 Å². The monoisotopic (exact) mass is 239 g/mol. The highest BCUT2D eigenvalue weighted by Crippen LogP contribution is 2.28. The van der Waals surface area contributed by atoms with E-state index < -0.39 is 0 Å². The summed E-state index contributed by atoms with van der Waals surface area (Å²) in [6.45, 7) is 6.57. The van der Waals surface area contributed by atoms with Gasteiger partial charge in [-0.3, -0.25) is 0 Å². The summed E-state index contributed by atoms with van der Waals surface area (Å²) in [6.07, 6.45) is 1.17. The smallest absolute Gasteiger partial charge is 0.0393 e. The molecule has 1 nitrogen and oxygen atoms in total.